The summed E-state index contributed by atoms with van der Waals surface area (Å²) in [4.78, 5) is 21.5. The van der Waals surface area contributed by atoms with Gasteiger partial charge in [-0.1, -0.05) is 22.9 Å². The number of nitrogens with zero attached hydrogens (tertiary/aromatic N) is 1. The molecule has 0 bridgehead atoms. The van der Waals surface area contributed by atoms with Crippen LogP contribution in [0.2, 0.25) is 0 Å². The van der Waals surface area contributed by atoms with Crippen molar-refractivity contribution in [3.8, 4) is 5.75 Å². The summed E-state index contributed by atoms with van der Waals surface area (Å²) in [6.07, 6.45) is -0.231. The highest BCUT2D eigenvalue weighted by molar-refractivity contribution is 9.10. The number of hydrogen-bond donors (Lipinski definition) is 0. The number of nitro groups is 1. The van der Waals surface area contributed by atoms with E-state index in [4.69, 9.17) is 4.74 Å². The van der Waals surface area contributed by atoms with Crippen LogP contribution >= 0.6 is 15.9 Å². The molecule has 0 spiro atoms. The Hall–Kier alpha value is -1.43. The van der Waals surface area contributed by atoms with Gasteiger partial charge < -0.3 is 4.74 Å². The molecule has 17 heavy (non-hydrogen) atoms. The molecule has 0 aliphatic rings. The van der Waals surface area contributed by atoms with Crippen LogP contribution in [0.1, 0.15) is 20.3 Å². The highest BCUT2D eigenvalue weighted by Crippen LogP contribution is 2.26. The van der Waals surface area contributed by atoms with Gasteiger partial charge in [-0.3, -0.25) is 14.9 Å². The molecule has 0 fully saturated rings. The Morgan fingerprint density at radius 3 is 2.71 bits per heavy atom. The predicted octanol–water partition coefficient (Wildman–Crippen LogP) is 3.10. The van der Waals surface area contributed by atoms with E-state index in [1.165, 1.54) is 12.1 Å². The van der Waals surface area contributed by atoms with Crippen LogP contribution in [0.15, 0.2) is 22.7 Å². The Morgan fingerprint density at radius 2 is 2.18 bits per heavy atom. The third-order valence-electron chi connectivity index (χ3n) is 2.18. The normalized spacial score (nSPS) is 11.9. The highest BCUT2D eigenvalue weighted by atomic mass is 79.9. The van der Waals surface area contributed by atoms with E-state index in [0.717, 1.165) is 0 Å². The monoisotopic (exact) mass is 301 g/mol. The summed E-state index contributed by atoms with van der Waals surface area (Å²) in [6.45, 7) is 3.37. The molecule has 0 saturated heterocycles. The lowest BCUT2D eigenvalue weighted by atomic mass is 10.2. The number of carbonyl (C=O) groups excluding carboxylic acids is 1. The number of non-ortho nitro benzene ring substituents is 1. The van der Waals surface area contributed by atoms with Gasteiger partial charge in [0.15, 0.2) is 11.9 Å². The van der Waals surface area contributed by atoms with Crippen LogP contribution in [0.4, 0.5) is 5.69 Å². The van der Waals surface area contributed by atoms with Gasteiger partial charge in [0, 0.05) is 17.0 Å². The summed E-state index contributed by atoms with van der Waals surface area (Å²) in [5.41, 5.74) is -0.0782. The van der Waals surface area contributed by atoms with Crippen molar-refractivity contribution in [2.45, 2.75) is 26.4 Å². The van der Waals surface area contributed by atoms with Crippen molar-refractivity contribution >= 4 is 27.4 Å². The SMILES string of the molecule is CCC(=O)C(C)Oc1cc(Br)cc([N+](=O)[O-])c1. The number of rotatable bonds is 5. The van der Waals surface area contributed by atoms with Gasteiger partial charge in [-0.15, -0.1) is 0 Å². The number of carbonyl (C=O) groups is 1. The largest absolute Gasteiger partial charge is 0.483 e. The quantitative estimate of drug-likeness (QED) is 0.619. The van der Waals surface area contributed by atoms with Gasteiger partial charge >= 0.3 is 0 Å². The molecule has 0 radical (unpaired) electrons. The van der Waals surface area contributed by atoms with E-state index in [-0.39, 0.29) is 11.5 Å². The summed E-state index contributed by atoms with van der Waals surface area (Å²) >= 11 is 3.16. The molecule has 0 aliphatic carbocycles. The van der Waals surface area contributed by atoms with Gasteiger partial charge in [-0.25, -0.2) is 0 Å². The van der Waals surface area contributed by atoms with E-state index in [1.54, 1.807) is 19.9 Å². The number of Topliss-reactive ketones (excluding diaryl/α,β-unsaturated/α-hetero) is 1. The fourth-order valence-electron chi connectivity index (χ4n) is 1.28. The first-order valence-electron chi connectivity index (χ1n) is 5.08. The Labute approximate surface area is 107 Å². The zero-order chi connectivity index (χ0) is 13.0. The summed E-state index contributed by atoms with van der Waals surface area (Å²) < 4.78 is 5.89. The highest BCUT2D eigenvalue weighted by Gasteiger charge is 2.15. The molecule has 6 heteroatoms. The Bertz CT molecular complexity index is 447. The lowest BCUT2D eigenvalue weighted by Gasteiger charge is -2.12. The maximum Gasteiger partial charge on any atom is 0.274 e. The van der Waals surface area contributed by atoms with E-state index in [0.29, 0.717) is 16.6 Å². The summed E-state index contributed by atoms with van der Waals surface area (Å²) in [5.74, 6) is 0.257. The molecule has 0 amide bonds. The van der Waals surface area contributed by atoms with Crippen LogP contribution in [-0.4, -0.2) is 16.8 Å². The fraction of sp³-hybridized carbons (Fsp3) is 0.364. The first kappa shape index (κ1) is 13.6. The Kier molecular flexibility index (Phi) is 4.62. The van der Waals surface area contributed by atoms with Gasteiger partial charge in [-0.2, -0.15) is 0 Å². The zero-order valence-electron chi connectivity index (χ0n) is 9.47. The average Bonchev–Trinajstić information content (AvgIpc) is 2.26. The summed E-state index contributed by atoms with van der Waals surface area (Å²) in [6, 6.07) is 4.26. The minimum absolute atomic E-state index is 0.0485. The van der Waals surface area contributed by atoms with Crippen molar-refractivity contribution in [2.24, 2.45) is 0 Å². The third-order valence-corrected chi connectivity index (χ3v) is 2.64. The molecule has 0 saturated carbocycles. The minimum atomic E-state index is -0.603. The summed E-state index contributed by atoms with van der Waals surface area (Å²) in [7, 11) is 0. The van der Waals surface area contributed by atoms with Crippen molar-refractivity contribution in [2.75, 3.05) is 0 Å². The molecule has 1 rings (SSSR count). The number of nitro benzene ring substituents is 1. The molecule has 0 heterocycles. The average molecular weight is 302 g/mol. The van der Waals surface area contributed by atoms with Crippen molar-refractivity contribution in [3.63, 3.8) is 0 Å². The van der Waals surface area contributed by atoms with Gasteiger partial charge in [0.05, 0.1) is 11.0 Å². The second-order valence-corrected chi connectivity index (χ2v) is 4.40. The van der Waals surface area contributed by atoms with E-state index in [9.17, 15) is 14.9 Å². The smallest absolute Gasteiger partial charge is 0.274 e. The molecule has 1 atom stereocenters. The standard InChI is InChI=1S/C11H12BrNO4/c1-3-11(14)7(2)17-10-5-8(12)4-9(6-10)13(15)16/h4-7H,3H2,1-2H3. The van der Waals surface area contributed by atoms with Gasteiger partial charge in [-0.05, 0) is 13.0 Å². The molecular formula is C11H12BrNO4. The molecule has 92 valence electrons. The van der Waals surface area contributed by atoms with Gasteiger partial charge in [0.25, 0.3) is 5.69 Å². The predicted molar refractivity (Wildman–Crippen MR) is 66.2 cm³/mol. The van der Waals surface area contributed by atoms with Crippen molar-refractivity contribution in [3.05, 3.63) is 32.8 Å². The molecular weight excluding hydrogens is 290 g/mol. The van der Waals surface area contributed by atoms with E-state index in [1.807, 2.05) is 0 Å². The van der Waals surface area contributed by atoms with E-state index >= 15 is 0 Å². The lowest BCUT2D eigenvalue weighted by molar-refractivity contribution is -0.385. The van der Waals surface area contributed by atoms with Crippen molar-refractivity contribution < 1.29 is 14.5 Å². The van der Waals surface area contributed by atoms with Gasteiger partial charge in [0.2, 0.25) is 0 Å². The van der Waals surface area contributed by atoms with Crippen LogP contribution in [0.5, 0.6) is 5.75 Å². The van der Waals surface area contributed by atoms with Crippen LogP contribution in [0, 0.1) is 10.1 Å². The number of benzene rings is 1. The fourth-order valence-corrected chi connectivity index (χ4v) is 1.74. The number of halogens is 1. The molecule has 5 nitrogen and oxygen atoms in total. The Morgan fingerprint density at radius 1 is 1.53 bits per heavy atom. The number of hydrogen-bond acceptors (Lipinski definition) is 4. The molecule has 0 N–H and O–H groups in total. The van der Waals surface area contributed by atoms with Crippen LogP contribution < -0.4 is 4.74 Å². The van der Waals surface area contributed by atoms with Gasteiger partial charge in [0.1, 0.15) is 5.75 Å². The van der Waals surface area contributed by atoms with Crippen LogP contribution in [0.25, 0.3) is 0 Å². The second-order valence-electron chi connectivity index (χ2n) is 3.48. The topological polar surface area (TPSA) is 69.4 Å². The van der Waals surface area contributed by atoms with E-state index in [2.05, 4.69) is 15.9 Å². The molecule has 1 aromatic carbocycles. The Balaban J connectivity index is 2.91. The third kappa shape index (κ3) is 3.81. The maximum atomic E-state index is 11.3. The molecule has 1 unspecified atom stereocenters. The summed E-state index contributed by atoms with van der Waals surface area (Å²) in [5, 5.41) is 10.6. The number of ketones is 1. The minimum Gasteiger partial charge on any atom is -0.483 e. The lowest BCUT2D eigenvalue weighted by Crippen LogP contribution is -2.22. The molecule has 1 aromatic rings. The van der Waals surface area contributed by atoms with Crippen LogP contribution in [-0.2, 0) is 4.79 Å². The van der Waals surface area contributed by atoms with E-state index < -0.39 is 11.0 Å². The van der Waals surface area contributed by atoms with Crippen LogP contribution in [0.3, 0.4) is 0 Å². The second kappa shape index (κ2) is 5.77. The number of ether oxygens (including phenoxy) is 1. The molecule has 0 aliphatic heterocycles. The maximum absolute atomic E-state index is 11.3. The first-order chi connectivity index (χ1) is 7.93. The van der Waals surface area contributed by atoms with Crippen molar-refractivity contribution in [1.29, 1.82) is 0 Å². The molecule has 0 aromatic heterocycles. The van der Waals surface area contributed by atoms with Crippen molar-refractivity contribution in [1.82, 2.24) is 0 Å². The first-order valence-corrected chi connectivity index (χ1v) is 5.87. The zero-order valence-corrected chi connectivity index (χ0v) is 11.1.